The molecule has 1 saturated carbocycles. The predicted molar refractivity (Wildman–Crippen MR) is 87.4 cm³/mol. The summed E-state index contributed by atoms with van der Waals surface area (Å²) in [6, 6.07) is 10.7. The lowest BCUT2D eigenvalue weighted by Gasteiger charge is -2.07. The first-order valence-corrected chi connectivity index (χ1v) is 7.39. The van der Waals surface area contributed by atoms with E-state index < -0.39 is 0 Å². The van der Waals surface area contributed by atoms with E-state index in [1.807, 2.05) is 0 Å². The van der Waals surface area contributed by atoms with Gasteiger partial charge >= 0.3 is 0 Å². The molecule has 1 fully saturated rings. The van der Waals surface area contributed by atoms with Crippen LogP contribution in [0, 0.1) is 0 Å². The summed E-state index contributed by atoms with van der Waals surface area (Å²) in [5, 5.41) is 16.5. The smallest absolute Gasteiger partial charge is 0.276 e. The minimum absolute atomic E-state index is 0.142. The molecular weight excluding hydrogens is 294 g/mol. The zero-order chi connectivity index (χ0) is 16.2. The molecule has 1 aromatic heterocycles. The summed E-state index contributed by atoms with van der Waals surface area (Å²) in [6.07, 6.45) is 2.30. The van der Waals surface area contributed by atoms with E-state index in [1.165, 1.54) is 6.92 Å². The number of aromatic nitrogens is 2. The fourth-order valence-electron chi connectivity index (χ4n) is 2.00. The van der Waals surface area contributed by atoms with E-state index in [0.29, 0.717) is 23.2 Å². The molecule has 2 amide bonds. The molecule has 1 aliphatic carbocycles. The second kappa shape index (κ2) is 6.43. The number of benzene rings is 1. The molecule has 0 spiro atoms. The Bertz CT molecular complexity index is 708. The number of carbonyl (C=O) groups is 2. The molecule has 0 saturated heterocycles. The summed E-state index contributed by atoms with van der Waals surface area (Å²) in [4.78, 5) is 23.1. The van der Waals surface area contributed by atoms with Crippen molar-refractivity contribution < 1.29 is 9.59 Å². The second-order valence-electron chi connectivity index (χ2n) is 5.44. The highest BCUT2D eigenvalue weighted by Crippen LogP contribution is 2.23. The van der Waals surface area contributed by atoms with Crippen LogP contribution in [0.25, 0.3) is 0 Å². The van der Waals surface area contributed by atoms with Crippen LogP contribution in [-0.2, 0) is 4.79 Å². The Kier molecular flexibility index (Phi) is 4.18. The summed E-state index contributed by atoms with van der Waals surface area (Å²) < 4.78 is 0. The first kappa shape index (κ1) is 15.0. The van der Waals surface area contributed by atoms with E-state index in [4.69, 9.17) is 0 Å². The average Bonchev–Trinajstić information content (AvgIpc) is 3.33. The zero-order valence-corrected chi connectivity index (χ0v) is 12.7. The third kappa shape index (κ3) is 4.26. The molecule has 118 valence electrons. The molecule has 23 heavy (non-hydrogen) atoms. The molecule has 0 bridgehead atoms. The van der Waals surface area contributed by atoms with E-state index in [0.717, 1.165) is 12.8 Å². The molecule has 0 radical (unpaired) electrons. The summed E-state index contributed by atoms with van der Waals surface area (Å²) in [7, 11) is 0. The number of anilines is 3. The summed E-state index contributed by atoms with van der Waals surface area (Å²) in [6.45, 7) is 1.44. The molecule has 3 rings (SSSR count). The van der Waals surface area contributed by atoms with Gasteiger partial charge in [-0.1, -0.05) is 0 Å². The number of hydrogen-bond donors (Lipinski definition) is 3. The van der Waals surface area contributed by atoms with Gasteiger partial charge in [-0.15, -0.1) is 10.2 Å². The van der Waals surface area contributed by atoms with Crippen LogP contribution in [0.4, 0.5) is 17.2 Å². The normalized spacial score (nSPS) is 13.3. The number of nitrogens with one attached hydrogen (secondary N) is 3. The van der Waals surface area contributed by atoms with Crippen LogP contribution < -0.4 is 16.0 Å². The molecule has 3 N–H and O–H groups in total. The lowest BCUT2D eigenvalue weighted by atomic mass is 10.2. The van der Waals surface area contributed by atoms with Gasteiger partial charge in [0.1, 0.15) is 5.82 Å². The van der Waals surface area contributed by atoms with Gasteiger partial charge in [0, 0.05) is 24.3 Å². The largest absolute Gasteiger partial charge is 0.366 e. The van der Waals surface area contributed by atoms with Crippen molar-refractivity contribution in [2.24, 2.45) is 0 Å². The van der Waals surface area contributed by atoms with Crippen LogP contribution in [-0.4, -0.2) is 28.1 Å². The van der Waals surface area contributed by atoms with Crippen molar-refractivity contribution in [2.75, 3.05) is 16.0 Å². The Labute approximate surface area is 133 Å². The molecule has 1 heterocycles. The lowest BCUT2D eigenvalue weighted by Crippen LogP contribution is -2.15. The molecule has 0 unspecified atom stereocenters. The third-order valence-electron chi connectivity index (χ3n) is 3.29. The highest BCUT2D eigenvalue weighted by atomic mass is 16.2. The van der Waals surface area contributed by atoms with Crippen LogP contribution in [0.2, 0.25) is 0 Å². The minimum Gasteiger partial charge on any atom is -0.366 e. The first-order chi connectivity index (χ1) is 11.1. The molecule has 7 nitrogen and oxygen atoms in total. The molecular formula is C16H17N5O2. The van der Waals surface area contributed by atoms with Gasteiger partial charge in [-0.2, -0.15) is 0 Å². The van der Waals surface area contributed by atoms with Crippen molar-refractivity contribution in [1.29, 1.82) is 0 Å². The maximum absolute atomic E-state index is 12.1. The average molecular weight is 311 g/mol. The molecule has 0 aliphatic heterocycles. The minimum atomic E-state index is -0.331. The van der Waals surface area contributed by atoms with Gasteiger partial charge in [-0.05, 0) is 49.2 Å². The summed E-state index contributed by atoms with van der Waals surface area (Å²) >= 11 is 0. The number of rotatable bonds is 5. The van der Waals surface area contributed by atoms with Crippen LogP contribution in [0.5, 0.6) is 0 Å². The monoisotopic (exact) mass is 311 g/mol. The fraction of sp³-hybridized carbons (Fsp3) is 0.250. The van der Waals surface area contributed by atoms with Gasteiger partial charge in [0.05, 0.1) is 0 Å². The van der Waals surface area contributed by atoms with E-state index in [-0.39, 0.29) is 17.5 Å². The molecule has 0 atom stereocenters. The van der Waals surface area contributed by atoms with Crippen LogP contribution >= 0.6 is 0 Å². The summed E-state index contributed by atoms with van der Waals surface area (Å²) in [5.41, 5.74) is 1.54. The van der Waals surface area contributed by atoms with Gasteiger partial charge in [-0.25, -0.2) is 0 Å². The standard InChI is InChI=1S/C16H17N5O2/c1-10(22)17-11-2-6-13(7-3-11)19-16(23)14-8-9-15(21-20-14)18-12-4-5-12/h2-3,6-9,12H,4-5H2,1H3,(H,17,22)(H,18,21)(H,19,23). The Hall–Kier alpha value is -2.96. The first-order valence-electron chi connectivity index (χ1n) is 7.39. The van der Waals surface area contributed by atoms with Gasteiger partial charge in [0.25, 0.3) is 5.91 Å². The van der Waals surface area contributed by atoms with Crippen molar-refractivity contribution in [3.8, 4) is 0 Å². The third-order valence-corrected chi connectivity index (χ3v) is 3.29. The zero-order valence-electron chi connectivity index (χ0n) is 12.7. The highest BCUT2D eigenvalue weighted by Gasteiger charge is 2.21. The van der Waals surface area contributed by atoms with Crippen molar-refractivity contribution >= 4 is 29.0 Å². The Morgan fingerprint density at radius 2 is 1.61 bits per heavy atom. The predicted octanol–water partition coefficient (Wildman–Crippen LogP) is 2.26. The van der Waals surface area contributed by atoms with E-state index in [1.54, 1.807) is 36.4 Å². The Balaban J connectivity index is 1.60. The van der Waals surface area contributed by atoms with Crippen molar-refractivity contribution in [2.45, 2.75) is 25.8 Å². The Morgan fingerprint density at radius 3 is 2.13 bits per heavy atom. The van der Waals surface area contributed by atoms with Crippen LogP contribution in [0.3, 0.4) is 0 Å². The topological polar surface area (TPSA) is 96.0 Å². The van der Waals surface area contributed by atoms with Crippen molar-refractivity contribution in [1.82, 2.24) is 10.2 Å². The maximum atomic E-state index is 12.1. The molecule has 7 heteroatoms. The number of nitrogens with zero attached hydrogens (tertiary/aromatic N) is 2. The Morgan fingerprint density at radius 1 is 0.957 bits per heavy atom. The highest BCUT2D eigenvalue weighted by molar-refractivity contribution is 6.03. The maximum Gasteiger partial charge on any atom is 0.276 e. The van der Waals surface area contributed by atoms with Gasteiger partial charge in [0.15, 0.2) is 5.69 Å². The van der Waals surface area contributed by atoms with Crippen LogP contribution in [0.1, 0.15) is 30.3 Å². The van der Waals surface area contributed by atoms with Gasteiger partial charge in [-0.3, -0.25) is 9.59 Å². The quantitative estimate of drug-likeness (QED) is 0.787. The van der Waals surface area contributed by atoms with E-state index >= 15 is 0 Å². The lowest BCUT2D eigenvalue weighted by molar-refractivity contribution is -0.114. The van der Waals surface area contributed by atoms with Crippen molar-refractivity contribution in [3.63, 3.8) is 0 Å². The van der Waals surface area contributed by atoms with Gasteiger partial charge < -0.3 is 16.0 Å². The fourth-order valence-corrected chi connectivity index (χ4v) is 2.00. The van der Waals surface area contributed by atoms with Crippen LogP contribution in [0.15, 0.2) is 36.4 Å². The van der Waals surface area contributed by atoms with E-state index in [2.05, 4.69) is 26.1 Å². The molecule has 2 aromatic rings. The second-order valence-corrected chi connectivity index (χ2v) is 5.44. The number of carbonyl (C=O) groups excluding carboxylic acids is 2. The molecule has 1 aliphatic rings. The van der Waals surface area contributed by atoms with E-state index in [9.17, 15) is 9.59 Å². The number of hydrogen-bond acceptors (Lipinski definition) is 5. The molecule has 1 aromatic carbocycles. The number of amides is 2. The van der Waals surface area contributed by atoms with Gasteiger partial charge in [0.2, 0.25) is 5.91 Å². The summed E-state index contributed by atoms with van der Waals surface area (Å²) in [5.74, 6) is 0.211. The van der Waals surface area contributed by atoms with Crippen molar-refractivity contribution in [3.05, 3.63) is 42.1 Å². The SMILES string of the molecule is CC(=O)Nc1ccc(NC(=O)c2ccc(NC3CC3)nn2)cc1.